The second-order valence-electron chi connectivity index (χ2n) is 3.34. The van der Waals surface area contributed by atoms with Gasteiger partial charge in [-0.15, -0.1) is 0 Å². The van der Waals surface area contributed by atoms with Gasteiger partial charge in [0.2, 0.25) is 0 Å². The van der Waals surface area contributed by atoms with Gasteiger partial charge in [-0.05, 0) is 6.92 Å². The van der Waals surface area contributed by atoms with Gasteiger partial charge in [-0.1, -0.05) is 0 Å². The Bertz CT molecular complexity index is 452. The van der Waals surface area contributed by atoms with Crippen molar-refractivity contribution in [2.45, 2.75) is 13.1 Å². The van der Waals surface area contributed by atoms with E-state index in [9.17, 15) is 14.7 Å². The highest BCUT2D eigenvalue weighted by Crippen LogP contribution is 2.17. The normalized spacial score (nSPS) is 25.5. The first-order valence-electron chi connectivity index (χ1n) is 5.04. The lowest BCUT2D eigenvalue weighted by Crippen LogP contribution is -2.57. The molecule has 2 heterocycles. The molecule has 2 aliphatic heterocycles. The lowest BCUT2D eigenvalue weighted by molar-refractivity contribution is -0.135. The van der Waals surface area contributed by atoms with Gasteiger partial charge in [-0.25, -0.2) is 0 Å². The van der Waals surface area contributed by atoms with Gasteiger partial charge in [0, 0.05) is 18.6 Å². The number of carbonyl (C=O) groups excluding carboxylic acids is 2. The molecule has 0 aromatic heterocycles. The Hall–Kier alpha value is -2.31. The molecule has 90 valence electrons. The molecule has 0 radical (unpaired) electrons. The van der Waals surface area contributed by atoms with E-state index in [4.69, 9.17) is 4.74 Å². The van der Waals surface area contributed by atoms with Gasteiger partial charge in [-0.2, -0.15) is 0 Å². The molecule has 2 aliphatic rings. The van der Waals surface area contributed by atoms with Crippen molar-refractivity contribution in [3.8, 4) is 0 Å². The molecule has 17 heavy (non-hydrogen) atoms. The number of fused-ring (bicyclic) bond motifs is 1. The molecule has 7 heteroatoms. The second kappa shape index (κ2) is 4.28. The molecular formula is C10H11N3O4. The maximum atomic E-state index is 11.9. The Kier molecular flexibility index (Phi) is 2.82. The van der Waals surface area contributed by atoms with Crippen LogP contribution in [0.2, 0.25) is 0 Å². The minimum atomic E-state index is -0.677. The maximum absolute atomic E-state index is 11.9. The summed E-state index contributed by atoms with van der Waals surface area (Å²) in [6.07, 6.45) is 3.65. The van der Waals surface area contributed by atoms with Crippen molar-refractivity contribution in [1.29, 1.82) is 0 Å². The minimum Gasteiger partial charge on any atom is -0.480 e. The van der Waals surface area contributed by atoms with E-state index in [1.807, 2.05) is 0 Å². The molecule has 0 unspecified atom stereocenters. The summed E-state index contributed by atoms with van der Waals surface area (Å²) in [5.41, 5.74) is -0.400. The number of ether oxygens (including phenoxy) is 1. The quantitative estimate of drug-likeness (QED) is 0.389. The third-order valence-corrected chi connectivity index (χ3v) is 2.29. The minimum absolute atomic E-state index is 0.163. The van der Waals surface area contributed by atoms with Crippen molar-refractivity contribution in [3.63, 3.8) is 0 Å². The highest BCUT2D eigenvalue weighted by atomic mass is 16.6. The molecule has 0 bridgehead atoms. The van der Waals surface area contributed by atoms with Gasteiger partial charge in [0.25, 0.3) is 17.8 Å². The zero-order valence-electron chi connectivity index (χ0n) is 9.08. The van der Waals surface area contributed by atoms with E-state index in [1.54, 1.807) is 6.92 Å². The molecule has 0 saturated carbocycles. The van der Waals surface area contributed by atoms with Crippen LogP contribution in [0.3, 0.4) is 0 Å². The molecule has 1 saturated heterocycles. The number of amides is 2. The summed E-state index contributed by atoms with van der Waals surface area (Å²) in [5.74, 6) is -1.96. The van der Waals surface area contributed by atoms with Crippen molar-refractivity contribution in [2.24, 2.45) is 4.99 Å². The SMILES string of the molecule is CCOC(O)=C1C(=O)N[C@@H]2C=NC=CN2C1=O. The van der Waals surface area contributed by atoms with Crippen LogP contribution in [0.4, 0.5) is 0 Å². The van der Waals surface area contributed by atoms with E-state index < -0.39 is 29.5 Å². The Labute approximate surface area is 97.1 Å². The predicted octanol–water partition coefficient (Wildman–Crippen LogP) is -0.367. The van der Waals surface area contributed by atoms with Crippen molar-refractivity contribution in [1.82, 2.24) is 10.2 Å². The first-order chi connectivity index (χ1) is 8.15. The number of aliphatic hydroxyl groups excluding tert-OH is 1. The number of nitrogens with zero attached hydrogens (tertiary/aromatic N) is 2. The van der Waals surface area contributed by atoms with Gasteiger partial charge in [0.1, 0.15) is 6.17 Å². The summed E-state index contributed by atoms with van der Waals surface area (Å²) in [5, 5.41) is 12.0. The van der Waals surface area contributed by atoms with Gasteiger partial charge in [-0.3, -0.25) is 19.5 Å². The van der Waals surface area contributed by atoms with E-state index in [0.717, 1.165) is 0 Å². The monoisotopic (exact) mass is 237 g/mol. The van der Waals surface area contributed by atoms with Crippen molar-refractivity contribution >= 4 is 18.0 Å². The van der Waals surface area contributed by atoms with Crippen LogP contribution in [0.15, 0.2) is 28.9 Å². The molecule has 0 aromatic rings. The lowest BCUT2D eigenvalue weighted by atomic mass is 10.1. The molecule has 7 nitrogen and oxygen atoms in total. The van der Waals surface area contributed by atoms with E-state index in [0.29, 0.717) is 0 Å². The number of nitrogens with one attached hydrogen (secondary N) is 1. The summed E-state index contributed by atoms with van der Waals surface area (Å²) in [7, 11) is 0. The van der Waals surface area contributed by atoms with Crippen LogP contribution in [0, 0.1) is 0 Å². The molecule has 1 atom stereocenters. The second-order valence-corrected chi connectivity index (χ2v) is 3.34. The van der Waals surface area contributed by atoms with Crippen LogP contribution < -0.4 is 5.32 Å². The van der Waals surface area contributed by atoms with Crippen LogP contribution in [-0.2, 0) is 14.3 Å². The summed E-state index contributed by atoms with van der Waals surface area (Å²) in [6.45, 7) is 1.80. The molecule has 0 aromatic carbocycles. The standard InChI is InChI=1S/C10H11N3O4/c1-2-17-10(16)7-8(14)12-6-5-11-3-4-13(6)9(7)15/h3-6,16H,2H2,1H3,(H,12,14)/t6-/m0/s1. The smallest absolute Gasteiger partial charge is 0.295 e. The lowest BCUT2D eigenvalue weighted by Gasteiger charge is -2.33. The largest absolute Gasteiger partial charge is 0.480 e. The van der Waals surface area contributed by atoms with Crippen LogP contribution in [0.25, 0.3) is 0 Å². The van der Waals surface area contributed by atoms with Gasteiger partial charge in [0.05, 0.1) is 6.61 Å². The topological polar surface area (TPSA) is 91.2 Å². The Morgan fingerprint density at radius 2 is 2.41 bits per heavy atom. The number of rotatable bonds is 2. The summed E-state index contributed by atoms with van der Waals surface area (Å²) in [6, 6.07) is 0. The third kappa shape index (κ3) is 1.86. The summed E-state index contributed by atoms with van der Waals surface area (Å²) < 4.78 is 4.77. The van der Waals surface area contributed by atoms with Crippen LogP contribution in [-0.4, -0.2) is 40.8 Å². The Morgan fingerprint density at radius 1 is 1.65 bits per heavy atom. The van der Waals surface area contributed by atoms with Crippen molar-refractivity contribution in [2.75, 3.05) is 6.61 Å². The fraction of sp³-hybridized carbons (Fsp3) is 0.300. The Balaban J connectivity index is 2.34. The molecule has 2 amide bonds. The molecule has 0 spiro atoms. The van der Waals surface area contributed by atoms with Gasteiger partial charge < -0.3 is 15.2 Å². The zero-order chi connectivity index (χ0) is 12.4. The Morgan fingerprint density at radius 3 is 3.12 bits per heavy atom. The molecule has 2 N–H and O–H groups in total. The highest BCUT2D eigenvalue weighted by molar-refractivity contribution is 6.21. The zero-order valence-corrected chi connectivity index (χ0v) is 9.08. The number of aliphatic hydroxyl groups is 1. The number of aliphatic imine (C=N–C) groups is 1. The molecule has 0 aliphatic carbocycles. The first-order valence-corrected chi connectivity index (χ1v) is 5.04. The van der Waals surface area contributed by atoms with E-state index in [-0.39, 0.29) is 6.61 Å². The van der Waals surface area contributed by atoms with E-state index in [1.165, 1.54) is 23.5 Å². The molecule has 1 fully saturated rings. The third-order valence-electron chi connectivity index (χ3n) is 2.29. The van der Waals surface area contributed by atoms with Gasteiger partial charge >= 0.3 is 0 Å². The average molecular weight is 237 g/mol. The van der Waals surface area contributed by atoms with Crippen LogP contribution in [0.1, 0.15) is 6.92 Å². The fourth-order valence-electron chi connectivity index (χ4n) is 1.54. The number of hydrogen-bond donors (Lipinski definition) is 2. The van der Waals surface area contributed by atoms with E-state index >= 15 is 0 Å². The maximum Gasteiger partial charge on any atom is 0.295 e. The molecular weight excluding hydrogens is 226 g/mol. The molecule has 2 rings (SSSR count). The van der Waals surface area contributed by atoms with Crippen LogP contribution in [0.5, 0.6) is 0 Å². The summed E-state index contributed by atoms with van der Waals surface area (Å²) in [4.78, 5) is 28.6. The first kappa shape index (κ1) is 11.2. The van der Waals surface area contributed by atoms with Crippen molar-refractivity contribution in [3.05, 3.63) is 23.9 Å². The van der Waals surface area contributed by atoms with E-state index in [2.05, 4.69) is 10.3 Å². The fourth-order valence-corrected chi connectivity index (χ4v) is 1.54. The summed E-state index contributed by atoms with van der Waals surface area (Å²) >= 11 is 0. The average Bonchev–Trinajstić information content (AvgIpc) is 2.29. The predicted molar refractivity (Wildman–Crippen MR) is 57.7 cm³/mol. The highest BCUT2D eigenvalue weighted by Gasteiger charge is 2.38. The number of carbonyl (C=O) groups is 2. The van der Waals surface area contributed by atoms with Crippen molar-refractivity contribution < 1.29 is 19.4 Å². The van der Waals surface area contributed by atoms with Gasteiger partial charge in [0.15, 0.2) is 5.57 Å². The number of hydrogen-bond acceptors (Lipinski definition) is 5. The van der Waals surface area contributed by atoms with Crippen LogP contribution >= 0.6 is 0 Å².